The lowest BCUT2D eigenvalue weighted by atomic mass is 10.0. The van der Waals surface area contributed by atoms with Crippen molar-refractivity contribution >= 4 is 0 Å². The largest absolute Gasteiger partial charge is 0.492 e. The number of hydrogen-bond acceptors (Lipinski definition) is 6. The Labute approximate surface area is 184 Å². The first-order chi connectivity index (χ1) is 15.3. The SMILES string of the molecule is N#Cc1ccccc1OCCCN1CCN(C2=COC=C(CC3=CC=CCC3)O2)CC1. The van der Waals surface area contributed by atoms with Gasteiger partial charge in [-0.3, -0.25) is 4.90 Å². The molecule has 1 aromatic carbocycles. The number of para-hydroxylation sites is 1. The Morgan fingerprint density at radius 3 is 2.77 bits per heavy atom. The summed E-state index contributed by atoms with van der Waals surface area (Å²) in [6, 6.07) is 9.55. The molecule has 2 heterocycles. The minimum atomic E-state index is 0.587. The van der Waals surface area contributed by atoms with Crippen molar-refractivity contribution < 1.29 is 14.2 Å². The molecule has 0 unspecified atom stereocenters. The van der Waals surface area contributed by atoms with Crippen LogP contribution in [0.5, 0.6) is 5.75 Å². The lowest BCUT2D eigenvalue weighted by molar-refractivity contribution is 0.0733. The van der Waals surface area contributed by atoms with Crippen molar-refractivity contribution in [1.82, 2.24) is 9.80 Å². The number of piperazine rings is 1. The molecule has 0 atom stereocenters. The Balaban J connectivity index is 1.16. The quantitative estimate of drug-likeness (QED) is 0.586. The molecule has 31 heavy (non-hydrogen) atoms. The molecular weight excluding hydrogens is 390 g/mol. The summed E-state index contributed by atoms with van der Waals surface area (Å²) in [6.07, 6.45) is 13.8. The van der Waals surface area contributed by atoms with E-state index in [0.29, 0.717) is 17.9 Å². The normalized spacial score (nSPS) is 18.8. The highest BCUT2D eigenvalue weighted by Crippen LogP contribution is 2.26. The second kappa shape index (κ2) is 10.7. The molecule has 0 bridgehead atoms. The molecular formula is C25H29N3O3. The Hall–Kier alpha value is -3.17. The van der Waals surface area contributed by atoms with Gasteiger partial charge in [-0.05, 0) is 31.4 Å². The van der Waals surface area contributed by atoms with E-state index in [1.807, 2.05) is 18.2 Å². The van der Waals surface area contributed by atoms with Crippen LogP contribution in [0.2, 0.25) is 0 Å². The molecule has 162 valence electrons. The van der Waals surface area contributed by atoms with E-state index in [0.717, 1.165) is 70.0 Å². The van der Waals surface area contributed by atoms with Crippen LogP contribution in [0.3, 0.4) is 0 Å². The summed E-state index contributed by atoms with van der Waals surface area (Å²) in [7, 11) is 0. The average molecular weight is 420 g/mol. The maximum atomic E-state index is 9.13. The number of nitriles is 1. The van der Waals surface area contributed by atoms with Crippen molar-refractivity contribution in [3.05, 3.63) is 77.8 Å². The lowest BCUT2D eigenvalue weighted by Crippen LogP contribution is -2.46. The fraction of sp³-hybridized carbons (Fsp3) is 0.400. The minimum absolute atomic E-state index is 0.587. The molecule has 3 aliphatic rings. The maximum absolute atomic E-state index is 9.13. The Kier molecular flexibility index (Phi) is 7.30. The molecule has 0 N–H and O–H groups in total. The van der Waals surface area contributed by atoms with Crippen molar-refractivity contribution in [3.63, 3.8) is 0 Å². The van der Waals surface area contributed by atoms with Crippen molar-refractivity contribution in [2.75, 3.05) is 39.3 Å². The standard InChI is InChI=1S/C25H29N3O3/c26-18-22-9-4-5-10-24(22)30-16-6-11-27-12-14-28(15-13-27)25-20-29-19-23(31-25)17-21-7-2-1-3-8-21/h1-2,4-5,7,9-10,19-20H,3,6,8,11-17H2. The average Bonchev–Trinajstić information content (AvgIpc) is 2.83. The van der Waals surface area contributed by atoms with E-state index in [9.17, 15) is 0 Å². The van der Waals surface area contributed by atoms with Crippen molar-refractivity contribution in [2.45, 2.75) is 25.7 Å². The molecule has 1 aromatic rings. The predicted molar refractivity (Wildman–Crippen MR) is 119 cm³/mol. The van der Waals surface area contributed by atoms with E-state index in [2.05, 4.69) is 34.1 Å². The summed E-state index contributed by atoms with van der Waals surface area (Å²) < 4.78 is 17.5. The summed E-state index contributed by atoms with van der Waals surface area (Å²) in [6.45, 7) is 5.36. The molecule has 0 aromatic heterocycles. The molecule has 4 rings (SSSR count). The molecule has 0 saturated carbocycles. The van der Waals surface area contributed by atoms with Gasteiger partial charge in [-0.2, -0.15) is 5.26 Å². The highest BCUT2D eigenvalue weighted by molar-refractivity contribution is 5.42. The third kappa shape index (κ3) is 5.93. The zero-order valence-electron chi connectivity index (χ0n) is 17.8. The van der Waals surface area contributed by atoms with Crippen LogP contribution in [0.1, 0.15) is 31.2 Å². The van der Waals surface area contributed by atoms with Gasteiger partial charge >= 0.3 is 0 Å². The van der Waals surface area contributed by atoms with Gasteiger partial charge in [0.2, 0.25) is 5.88 Å². The van der Waals surface area contributed by atoms with Gasteiger partial charge in [0.25, 0.3) is 0 Å². The highest BCUT2D eigenvalue weighted by atomic mass is 16.6. The van der Waals surface area contributed by atoms with Crippen molar-refractivity contribution in [2.24, 2.45) is 0 Å². The molecule has 0 amide bonds. The molecule has 1 saturated heterocycles. The Bertz CT molecular complexity index is 918. The van der Waals surface area contributed by atoms with Crippen LogP contribution in [0.15, 0.2) is 72.2 Å². The van der Waals surface area contributed by atoms with E-state index in [-0.39, 0.29) is 0 Å². The van der Waals surface area contributed by atoms with Crippen LogP contribution in [0.25, 0.3) is 0 Å². The van der Waals surface area contributed by atoms with Gasteiger partial charge in [-0.25, -0.2) is 0 Å². The smallest absolute Gasteiger partial charge is 0.231 e. The van der Waals surface area contributed by atoms with E-state index in [1.54, 1.807) is 18.6 Å². The van der Waals surface area contributed by atoms with Crippen LogP contribution in [0.4, 0.5) is 0 Å². The number of allylic oxidation sites excluding steroid dienone is 4. The summed E-state index contributed by atoms with van der Waals surface area (Å²) >= 11 is 0. The fourth-order valence-corrected chi connectivity index (χ4v) is 3.94. The number of benzene rings is 1. The second-order valence-electron chi connectivity index (χ2n) is 7.89. The van der Waals surface area contributed by atoms with Gasteiger partial charge in [0.15, 0.2) is 6.26 Å². The molecule has 0 spiro atoms. The highest BCUT2D eigenvalue weighted by Gasteiger charge is 2.23. The summed E-state index contributed by atoms with van der Waals surface area (Å²) in [4.78, 5) is 4.69. The topological polar surface area (TPSA) is 58.0 Å². The van der Waals surface area contributed by atoms with E-state index in [4.69, 9.17) is 19.5 Å². The summed E-state index contributed by atoms with van der Waals surface area (Å²) in [5.74, 6) is 2.34. The first-order valence-corrected chi connectivity index (χ1v) is 11.0. The second-order valence-corrected chi connectivity index (χ2v) is 7.89. The molecule has 1 aliphatic carbocycles. The van der Waals surface area contributed by atoms with Crippen LogP contribution >= 0.6 is 0 Å². The monoisotopic (exact) mass is 419 g/mol. The van der Waals surface area contributed by atoms with Gasteiger partial charge in [0, 0.05) is 39.1 Å². The minimum Gasteiger partial charge on any atom is -0.492 e. The molecule has 0 radical (unpaired) electrons. The zero-order chi connectivity index (χ0) is 21.3. The van der Waals surface area contributed by atoms with Gasteiger partial charge in [0.1, 0.15) is 23.8 Å². The van der Waals surface area contributed by atoms with Crippen LogP contribution in [0, 0.1) is 11.3 Å². The van der Waals surface area contributed by atoms with Gasteiger partial charge in [-0.1, -0.05) is 35.9 Å². The summed E-state index contributed by atoms with van der Waals surface area (Å²) in [5, 5.41) is 9.13. The third-order valence-corrected chi connectivity index (χ3v) is 5.67. The Morgan fingerprint density at radius 2 is 1.97 bits per heavy atom. The number of nitrogens with zero attached hydrogens (tertiary/aromatic N) is 3. The van der Waals surface area contributed by atoms with E-state index >= 15 is 0 Å². The van der Waals surface area contributed by atoms with Gasteiger partial charge < -0.3 is 19.1 Å². The predicted octanol–water partition coefficient (Wildman–Crippen LogP) is 4.30. The first kappa shape index (κ1) is 21.1. The number of rotatable bonds is 8. The Morgan fingerprint density at radius 1 is 1.10 bits per heavy atom. The molecule has 1 fully saturated rings. The number of ether oxygens (including phenoxy) is 3. The molecule has 6 heteroatoms. The van der Waals surface area contributed by atoms with Crippen molar-refractivity contribution in [3.8, 4) is 11.8 Å². The lowest BCUT2D eigenvalue weighted by Gasteiger charge is -2.37. The van der Waals surface area contributed by atoms with Crippen LogP contribution in [-0.4, -0.2) is 49.1 Å². The van der Waals surface area contributed by atoms with Crippen molar-refractivity contribution in [1.29, 1.82) is 5.26 Å². The molecule has 2 aliphatic heterocycles. The van der Waals surface area contributed by atoms with E-state index in [1.165, 1.54) is 5.57 Å². The fourth-order valence-electron chi connectivity index (χ4n) is 3.94. The third-order valence-electron chi connectivity index (χ3n) is 5.67. The first-order valence-electron chi connectivity index (χ1n) is 11.0. The van der Waals surface area contributed by atoms with Gasteiger partial charge in [-0.15, -0.1) is 0 Å². The zero-order valence-corrected chi connectivity index (χ0v) is 17.8. The molecule has 6 nitrogen and oxygen atoms in total. The van der Waals surface area contributed by atoms with Gasteiger partial charge in [0.05, 0.1) is 12.2 Å². The summed E-state index contributed by atoms with van der Waals surface area (Å²) in [5.41, 5.74) is 1.96. The number of hydrogen-bond donors (Lipinski definition) is 0. The van der Waals surface area contributed by atoms with E-state index < -0.39 is 0 Å². The maximum Gasteiger partial charge on any atom is 0.231 e. The van der Waals surface area contributed by atoms with Crippen LogP contribution in [-0.2, 0) is 9.47 Å². The van der Waals surface area contributed by atoms with Crippen LogP contribution < -0.4 is 4.74 Å².